The highest BCUT2D eigenvalue weighted by Gasteiger charge is 2.41. The van der Waals surface area contributed by atoms with Crippen LogP contribution >= 0.6 is 0 Å². The maximum absolute atomic E-state index is 5.63. The van der Waals surface area contributed by atoms with E-state index in [4.69, 9.17) is 5.73 Å². The Morgan fingerprint density at radius 2 is 2.36 bits per heavy atom. The molecule has 2 N–H and O–H groups in total. The highest BCUT2D eigenvalue weighted by Crippen LogP contribution is 2.49. The average molecular weight is 193 g/mol. The van der Waals surface area contributed by atoms with E-state index in [1.54, 1.807) is 0 Å². The van der Waals surface area contributed by atoms with Crippen molar-refractivity contribution in [1.29, 1.82) is 0 Å². The van der Waals surface area contributed by atoms with Crippen LogP contribution in [0.2, 0.25) is 0 Å². The standard InChI is InChI=1S/C11H19N3/c1-2-10-13-7-8-14(10)9-11(3-4-11)5-6-12/h7-8H,2-6,9,12H2,1H3. The van der Waals surface area contributed by atoms with Gasteiger partial charge in [0.25, 0.3) is 0 Å². The van der Waals surface area contributed by atoms with Gasteiger partial charge in [0.2, 0.25) is 0 Å². The van der Waals surface area contributed by atoms with Crippen molar-refractivity contribution < 1.29 is 0 Å². The topological polar surface area (TPSA) is 43.8 Å². The molecule has 1 saturated carbocycles. The first-order valence-electron chi connectivity index (χ1n) is 5.50. The van der Waals surface area contributed by atoms with E-state index in [-0.39, 0.29) is 0 Å². The molecule has 0 spiro atoms. The molecule has 0 saturated heterocycles. The zero-order valence-electron chi connectivity index (χ0n) is 8.87. The molecule has 78 valence electrons. The summed E-state index contributed by atoms with van der Waals surface area (Å²) < 4.78 is 2.29. The Bertz CT molecular complexity index is 299. The molecule has 0 unspecified atom stereocenters. The number of aromatic nitrogens is 2. The molecule has 1 aromatic rings. The first-order valence-corrected chi connectivity index (χ1v) is 5.50. The molecule has 3 heteroatoms. The Kier molecular flexibility index (Phi) is 2.59. The van der Waals surface area contributed by atoms with Crippen LogP contribution in [0, 0.1) is 5.41 Å². The van der Waals surface area contributed by atoms with Crippen LogP contribution < -0.4 is 5.73 Å². The molecule has 0 atom stereocenters. The van der Waals surface area contributed by atoms with E-state index in [1.165, 1.54) is 18.7 Å². The molecule has 0 bridgehead atoms. The Morgan fingerprint density at radius 3 is 2.93 bits per heavy atom. The van der Waals surface area contributed by atoms with Gasteiger partial charge in [0.05, 0.1) is 0 Å². The molecule has 0 aliphatic heterocycles. The van der Waals surface area contributed by atoms with Crippen LogP contribution in [-0.2, 0) is 13.0 Å². The number of hydrogen-bond acceptors (Lipinski definition) is 2. The zero-order valence-corrected chi connectivity index (χ0v) is 8.87. The lowest BCUT2D eigenvalue weighted by Gasteiger charge is -2.16. The lowest BCUT2D eigenvalue weighted by molar-refractivity contribution is 0.391. The molecule has 1 heterocycles. The molecular weight excluding hydrogens is 174 g/mol. The van der Waals surface area contributed by atoms with Crippen molar-refractivity contribution in [3.8, 4) is 0 Å². The van der Waals surface area contributed by atoms with Crippen LogP contribution in [-0.4, -0.2) is 16.1 Å². The quantitative estimate of drug-likeness (QED) is 0.771. The van der Waals surface area contributed by atoms with Crippen LogP contribution in [0.3, 0.4) is 0 Å². The maximum Gasteiger partial charge on any atom is 0.108 e. The lowest BCUT2D eigenvalue weighted by atomic mass is 10.0. The van der Waals surface area contributed by atoms with Crippen LogP contribution in [0.25, 0.3) is 0 Å². The molecule has 3 nitrogen and oxygen atoms in total. The van der Waals surface area contributed by atoms with Gasteiger partial charge in [-0.1, -0.05) is 6.92 Å². The largest absolute Gasteiger partial charge is 0.334 e. The molecule has 1 fully saturated rings. The molecule has 0 aromatic carbocycles. The summed E-state index contributed by atoms with van der Waals surface area (Å²) in [4.78, 5) is 4.34. The highest BCUT2D eigenvalue weighted by atomic mass is 15.1. The van der Waals surface area contributed by atoms with Gasteiger partial charge in [-0.25, -0.2) is 4.98 Å². The number of hydrogen-bond donors (Lipinski definition) is 1. The van der Waals surface area contributed by atoms with Crippen molar-refractivity contribution in [2.45, 2.75) is 39.2 Å². The summed E-state index contributed by atoms with van der Waals surface area (Å²) in [6.45, 7) is 4.09. The summed E-state index contributed by atoms with van der Waals surface area (Å²) in [5.74, 6) is 1.20. The summed E-state index contributed by atoms with van der Waals surface area (Å²) in [5.41, 5.74) is 6.14. The fraction of sp³-hybridized carbons (Fsp3) is 0.727. The van der Waals surface area contributed by atoms with E-state index in [9.17, 15) is 0 Å². The van der Waals surface area contributed by atoms with Crippen LogP contribution in [0.1, 0.15) is 32.0 Å². The predicted molar refractivity (Wildman–Crippen MR) is 56.9 cm³/mol. The van der Waals surface area contributed by atoms with Gasteiger partial charge in [0, 0.05) is 25.4 Å². The van der Waals surface area contributed by atoms with Crippen molar-refractivity contribution in [3.63, 3.8) is 0 Å². The summed E-state index contributed by atoms with van der Waals surface area (Å²) >= 11 is 0. The number of nitrogens with two attached hydrogens (primary N) is 1. The van der Waals surface area contributed by atoms with Gasteiger partial charge in [-0.3, -0.25) is 0 Å². The average Bonchev–Trinajstić information content (AvgIpc) is 2.79. The smallest absolute Gasteiger partial charge is 0.108 e. The normalized spacial score (nSPS) is 18.4. The van der Waals surface area contributed by atoms with E-state index in [2.05, 4.69) is 22.7 Å². The first-order chi connectivity index (χ1) is 6.79. The first kappa shape index (κ1) is 9.71. The Hall–Kier alpha value is -0.830. The number of rotatable bonds is 5. The third-order valence-corrected chi connectivity index (χ3v) is 3.26. The van der Waals surface area contributed by atoms with Crippen molar-refractivity contribution in [3.05, 3.63) is 18.2 Å². The molecule has 2 rings (SSSR count). The lowest BCUT2D eigenvalue weighted by Crippen LogP contribution is -2.17. The maximum atomic E-state index is 5.63. The van der Waals surface area contributed by atoms with Gasteiger partial charge in [-0.2, -0.15) is 0 Å². The SMILES string of the molecule is CCc1nccn1CC1(CCN)CC1. The highest BCUT2D eigenvalue weighted by molar-refractivity contribution is 4.99. The van der Waals surface area contributed by atoms with Gasteiger partial charge >= 0.3 is 0 Å². The van der Waals surface area contributed by atoms with Gasteiger partial charge in [0.15, 0.2) is 0 Å². The van der Waals surface area contributed by atoms with Crippen LogP contribution in [0.15, 0.2) is 12.4 Å². The minimum absolute atomic E-state index is 0.513. The van der Waals surface area contributed by atoms with E-state index < -0.39 is 0 Å². The third kappa shape index (κ3) is 1.82. The predicted octanol–water partition coefficient (Wildman–Crippen LogP) is 1.57. The zero-order chi connectivity index (χ0) is 10.0. The second kappa shape index (κ2) is 3.73. The van der Waals surface area contributed by atoms with Crippen molar-refractivity contribution in [1.82, 2.24) is 9.55 Å². The minimum Gasteiger partial charge on any atom is -0.334 e. The fourth-order valence-electron chi connectivity index (χ4n) is 2.13. The summed E-state index contributed by atoms with van der Waals surface area (Å²) in [6.07, 6.45) is 8.85. The second-order valence-electron chi connectivity index (χ2n) is 4.36. The molecule has 14 heavy (non-hydrogen) atoms. The van der Waals surface area contributed by atoms with Gasteiger partial charge in [-0.15, -0.1) is 0 Å². The van der Waals surface area contributed by atoms with Gasteiger partial charge in [-0.05, 0) is 31.2 Å². The van der Waals surface area contributed by atoms with E-state index in [0.29, 0.717) is 5.41 Å². The Balaban J connectivity index is 2.03. The molecule has 0 amide bonds. The number of imidazole rings is 1. The summed E-state index contributed by atoms with van der Waals surface area (Å²) in [7, 11) is 0. The van der Waals surface area contributed by atoms with Gasteiger partial charge < -0.3 is 10.3 Å². The molecular formula is C11H19N3. The van der Waals surface area contributed by atoms with Crippen LogP contribution in [0.5, 0.6) is 0 Å². The van der Waals surface area contributed by atoms with E-state index in [1.807, 2.05) is 6.20 Å². The Morgan fingerprint density at radius 1 is 1.57 bits per heavy atom. The van der Waals surface area contributed by atoms with Crippen molar-refractivity contribution in [2.24, 2.45) is 11.1 Å². The Labute approximate surface area is 85.3 Å². The number of aryl methyl sites for hydroxylation is 1. The fourth-order valence-corrected chi connectivity index (χ4v) is 2.13. The minimum atomic E-state index is 0.513. The van der Waals surface area contributed by atoms with Crippen LogP contribution in [0.4, 0.5) is 0 Å². The molecule has 0 radical (unpaired) electrons. The number of nitrogens with zero attached hydrogens (tertiary/aromatic N) is 2. The molecule has 1 aromatic heterocycles. The van der Waals surface area contributed by atoms with Gasteiger partial charge in [0.1, 0.15) is 5.82 Å². The summed E-state index contributed by atoms with van der Waals surface area (Å²) in [6, 6.07) is 0. The third-order valence-electron chi connectivity index (χ3n) is 3.26. The second-order valence-corrected chi connectivity index (χ2v) is 4.36. The molecule has 1 aliphatic carbocycles. The van der Waals surface area contributed by atoms with Crippen molar-refractivity contribution in [2.75, 3.05) is 6.54 Å². The molecule has 1 aliphatic rings. The van der Waals surface area contributed by atoms with E-state index in [0.717, 1.165) is 25.9 Å². The van der Waals surface area contributed by atoms with Crippen molar-refractivity contribution >= 4 is 0 Å². The summed E-state index contributed by atoms with van der Waals surface area (Å²) in [5, 5.41) is 0. The van der Waals surface area contributed by atoms with E-state index >= 15 is 0 Å². The monoisotopic (exact) mass is 193 g/mol.